The van der Waals surface area contributed by atoms with Gasteiger partial charge in [-0.15, -0.1) is 0 Å². The van der Waals surface area contributed by atoms with Crippen LogP contribution in [0.25, 0.3) is 11.4 Å². The van der Waals surface area contributed by atoms with Crippen molar-refractivity contribution in [3.63, 3.8) is 0 Å². The molecular formula is C14H17N3O3. The number of aromatic amines is 1. The first-order chi connectivity index (χ1) is 9.58. The van der Waals surface area contributed by atoms with E-state index < -0.39 is 0 Å². The molecule has 106 valence electrons. The molecule has 0 atom stereocenters. The lowest BCUT2D eigenvalue weighted by Gasteiger charge is -2.09. The highest BCUT2D eigenvalue weighted by Crippen LogP contribution is 2.27. The third-order valence-corrected chi connectivity index (χ3v) is 3.03. The van der Waals surface area contributed by atoms with E-state index in [2.05, 4.69) is 9.97 Å². The maximum atomic E-state index is 11.9. The van der Waals surface area contributed by atoms with Gasteiger partial charge in [0.25, 0.3) is 5.56 Å². The summed E-state index contributed by atoms with van der Waals surface area (Å²) in [7, 11) is 3.12. The maximum absolute atomic E-state index is 11.9. The standard InChI is InChI=1S/C14H17N3O3/c1-4-11-12(15)16-13(17-14(11)18)8-5-9(19-2)7-10(6-8)20-3/h5-7H,4H2,1-3H3,(H3,15,16,17,18). The van der Waals surface area contributed by atoms with E-state index in [1.54, 1.807) is 32.4 Å². The molecule has 0 radical (unpaired) electrons. The first kappa shape index (κ1) is 13.9. The fourth-order valence-corrected chi connectivity index (χ4v) is 1.94. The fourth-order valence-electron chi connectivity index (χ4n) is 1.94. The van der Waals surface area contributed by atoms with E-state index in [9.17, 15) is 4.79 Å². The molecule has 0 aliphatic rings. The van der Waals surface area contributed by atoms with Crippen molar-refractivity contribution >= 4 is 5.82 Å². The third-order valence-electron chi connectivity index (χ3n) is 3.03. The Labute approximate surface area is 116 Å². The van der Waals surface area contributed by atoms with Crippen molar-refractivity contribution in [3.8, 4) is 22.9 Å². The number of rotatable bonds is 4. The van der Waals surface area contributed by atoms with Gasteiger partial charge in [0.15, 0.2) is 0 Å². The second-order valence-electron chi connectivity index (χ2n) is 4.23. The summed E-state index contributed by atoms with van der Waals surface area (Å²) in [5, 5.41) is 0. The molecule has 3 N–H and O–H groups in total. The van der Waals surface area contributed by atoms with E-state index in [1.165, 1.54) is 0 Å². The predicted octanol–water partition coefficient (Wildman–Crippen LogP) is 1.60. The number of anilines is 1. The largest absolute Gasteiger partial charge is 0.497 e. The van der Waals surface area contributed by atoms with Crippen LogP contribution < -0.4 is 20.8 Å². The molecule has 2 rings (SSSR count). The molecule has 0 saturated carbocycles. The molecule has 0 unspecified atom stereocenters. The predicted molar refractivity (Wildman–Crippen MR) is 77.2 cm³/mol. The van der Waals surface area contributed by atoms with Gasteiger partial charge in [0.1, 0.15) is 23.1 Å². The number of nitrogens with two attached hydrogens (primary N) is 1. The molecule has 0 aliphatic heterocycles. The van der Waals surface area contributed by atoms with E-state index in [-0.39, 0.29) is 11.4 Å². The number of methoxy groups -OCH3 is 2. The van der Waals surface area contributed by atoms with Crippen LogP contribution in [0.1, 0.15) is 12.5 Å². The topological polar surface area (TPSA) is 90.2 Å². The summed E-state index contributed by atoms with van der Waals surface area (Å²) in [4.78, 5) is 18.9. The van der Waals surface area contributed by atoms with E-state index in [4.69, 9.17) is 15.2 Å². The molecule has 1 aromatic carbocycles. The van der Waals surface area contributed by atoms with Gasteiger partial charge in [-0.2, -0.15) is 0 Å². The number of nitrogens with zero attached hydrogens (tertiary/aromatic N) is 1. The van der Waals surface area contributed by atoms with E-state index in [1.807, 2.05) is 6.92 Å². The molecule has 1 aromatic heterocycles. The lowest BCUT2D eigenvalue weighted by atomic mass is 10.1. The SMILES string of the molecule is CCc1c(N)nc(-c2cc(OC)cc(OC)c2)[nH]c1=O. The van der Waals surface area contributed by atoms with Crippen molar-refractivity contribution in [3.05, 3.63) is 34.1 Å². The molecule has 0 saturated heterocycles. The van der Waals surface area contributed by atoms with Crippen molar-refractivity contribution in [1.82, 2.24) is 9.97 Å². The van der Waals surface area contributed by atoms with Gasteiger partial charge in [0, 0.05) is 11.6 Å². The zero-order chi connectivity index (χ0) is 14.7. The molecule has 6 nitrogen and oxygen atoms in total. The second kappa shape index (κ2) is 5.64. The van der Waals surface area contributed by atoms with Crippen LogP contribution >= 0.6 is 0 Å². The minimum atomic E-state index is -0.225. The molecular weight excluding hydrogens is 258 g/mol. The smallest absolute Gasteiger partial charge is 0.256 e. The number of hydrogen-bond acceptors (Lipinski definition) is 5. The molecule has 1 heterocycles. The van der Waals surface area contributed by atoms with Gasteiger partial charge in [0.05, 0.1) is 19.8 Å². The fraction of sp³-hybridized carbons (Fsp3) is 0.286. The molecule has 20 heavy (non-hydrogen) atoms. The van der Waals surface area contributed by atoms with Gasteiger partial charge in [-0.25, -0.2) is 4.98 Å². The average molecular weight is 275 g/mol. The highest BCUT2D eigenvalue weighted by molar-refractivity contribution is 5.62. The maximum Gasteiger partial charge on any atom is 0.256 e. The number of aromatic nitrogens is 2. The zero-order valence-electron chi connectivity index (χ0n) is 11.7. The van der Waals surface area contributed by atoms with Crippen molar-refractivity contribution in [2.45, 2.75) is 13.3 Å². The number of nitrogen functional groups attached to an aromatic ring is 1. The van der Waals surface area contributed by atoms with E-state index in [0.29, 0.717) is 34.9 Å². The summed E-state index contributed by atoms with van der Waals surface area (Å²) in [5.41, 5.74) is 6.76. The molecule has 0 spiro atoms. The minimum Gasteiger partial charge on any atom is -0.497 e. The summed E-state index contributed by atoms with van der Waals surface area (Å²) in [6, 6.07) is 5.25. The lowest BCUT2D eigenvalue weighted by Crippen LogP contribution is -2.17. The Morgan fingerprint density at radius 2 is 1.80 bits per heavy atom. The van der Waals surface area contributed by atoms with Crippen LogP contribution in [0.15, 0.2) is 23.0 Å². The van der Waals surface area contributed by atoms with Crippen LogP contribution in [0.2, 0.25) is 0 Å². The Morgan fingerprint density at radius 3 is 2.25 bits per heavy atom. The van der Waals surface area contributed by atoms with Crippen molar-refractivity contribution in [1.29, 1.82) is 0 Å². The van der Waals surface area contributed by atoms with Gasteiger partial charge in [-0.1, -0.05) is 6.92 Å². The zero-order valence-corrected chi connectivity index (χ0v) is 11.7. The average Bonchev–Trinajstić information content (AvgIpc) is 2.46. The molecule has 0 aliphatic carbocycles. The van der Waals surface area contributed by atoms with E-state index in [0.717, 1.165) is 0 Å². The van der Waals surface area contributed by atoms with Crippen molar-refractivity contribution in [2.75, 3.05) is 20.0 Å². The van der Waals surface area contributed by atoms with Gasteiger partial charge in [-0.05, 0) is 18.6 Å². The number of ether oxygens (including phenoxy) is 2. The van der Waals surface area contributed by atoms with Crippen LogP contribution in [-0.4, -0.2) is 24.2 Å². The van der Waals surface area contributed by atoms with Crippen LogP contribution in [-0.2, 0) is 6.42 Å². The highest BCUT2D eigenvalue weighted by Gasteiger charge is 2.11. The van der Waals surface area contributed by atoms with Gasteiger partial charge in [-0.3, -0.25) is 4.79 Å². The Hall–Kier alpha value is -2.50. The third kappa shape index (κ3) is 2.59. The van der Waals surface area contributed by atoms with Crippen LogP contribution in [0.5, 0.6) is 11.5 Å². The normalized spacial score (nSPS) is 10.3. The summed E-state index contributed by atoms with van der Waals surface area (Å²) in [6.45, 7) is 1.86. The number of hydrogen-bond donors (Lipinski definition) is 2. The van der Waals surface area contributed by atoms with Crippen LogP contribution in [0.3, 0.4) is 0 Å². The highest BCUT2D eigenvalue weighted by atomic mass is 16.5. The molecule has 0 bridgehead atoms. The minimum absolute atomic E-state index is 0.225. The summed E-state index contributed by atoms with van der Waals surface area (Å²) in [5.74, 6) is 1.86. The first-order valence-electron chi connectivity index (χ1n) is 6.21. The van der Waals surface area contributed by atoms with E-state index >= 15 is 0 Å². The first-order valence-corrected chi connectivity index (χ1v) is 6.21. The number of H-pyrrole nitrogens is 1. The number of nitrogens with one attached hydrogen (secondary N) is 1. The van der Waals surface area contributed by atoms with Crippen molar-refractivity contribution < 1.29 is 9.47 Å². The Kier molecular flexibility index (Phi) is 3.93. The van der Waals surface area contributed by atoms with Crippen LogP contribution in [0.4, 0.5) is 5.82 Å². The Bertz CT molecular complexity index is 658. The Balaban J connectivity index is 2.59. The van der Waals surface area contributed by atoms with Crippen molar-refractivity contribution in [2.24, 2.45) is 0 Å². The monoisotopic (exact) mass is 275 g/mol. The van der Waals surface area contributed by atoms with Gasteiger partial charge < -0.3 is 20.2 Å². The molecule has 6 heteroatoms. The summed E-state index contributed by atoms with van der Waals surface area (Å²) < 4.78 is 10.4. The summed E-state index contributed by atoms with van der Waals surface area (Å²) >= 11 is 0. The molecule has 2 aromatic rings. The molecule has 0 fully saturated rings. The van der Waals surface area contributed by atoms with Crippen LogP contribution in [0, 0.1) is 0 Å². The van der Waals surface area contributed by atoms with Gasteiger partial charge in [0.2, 0.25) is 0 Å². The second-order valence-corrected chi connectivity index (χ2v) is 4.23. The molecule has 0 amide bonds. The Morgan fingerprint density at radius 1 is 1.20 bits per heavy atom. The van der Waals surface area contributed by atoms with Gasteiger partial charge >= 0.3 is 0 Å². The lowest BCUT2D eigenvalue weighted by molar-refractivity contribution is 0.394. The summed E-state index contributed by atoms with van der Waals surface area (Å²) in [6.07, 6.45) is 0.538. The number of benzene rings is 1. The quantitative estimate of drug-likeness (QED) is 0.884.